The first-order valence-electron chi connectivity index (χ1n) is 10.6. The first kappa shape index (κ1) is 19.7. The molecule has 0 unspecified atom stereocenters. The second-order valence-corrected chi connectivity index (χ2v) is 9.64. The smallest absolute Gasteiger partial charge is 0.416 e. The van der Waals surface area contributed by atoms with Crippen LogP contribution in [0.15, 0.2) is 24.3 Å². The Labute approximate surface area is 172 Å². The molecule has 2 saturated carbocycles. The van der Waals surface area contributed by atoms with Crippen molar-refractivity contribution < 1.29 is 27.5 Å². The minimum atomic E-state index is -4.31. The van der Waals surface area contributed by atoms with Crippen molar-refractivity contribution in [1.82, 2.24) is 10.2 Å². The molecule has 1 aromatic carbocycles. The van der Waals surface area contributed by atoms with Gasteiger partial charge >= 0.3 is 12.3 Å². The SMILES string of the molecule is O=C1NC2(CO1)CC(C(=O)N1CCC3(CC1)CC(c1cccc(C(F)(F)F)c1)C3)C2. The maximum atomic E-state index is 13.0. The van der Waals surface area contributed by atoms with Gasteiger partial charge in [-0.1, -0.05) is 18.2 Å². The van der Waals surface area contributed by atoms with Crippen molar-refractivity contribution in [2.45, 2.75) is 56.2 Å². The van der Waals surface area contributed by atoms with E-state index in [2.05, 4.69) is 5.32 Å². The van der Waals surface area contributed by atoms with E-state index in [1.807, 2.05) is 4.90 Å². The maximum absolute atomic E-state index is 13.0. The highest BCUT2D eigenvalue weighted by Crippen LogP contribution is 2.57. The summed E-state index contributed by atoms with van der Waals surface area (Å²) in [5.74, 6) is 0.276. The molecule has 5 rings (SSSR count). The van der Waals surface area contributed by atoms with E-state index < -0.39 is 17.8 Å². The molecular formula is C22H25F3N2O3. The standard InChI is InChI=1S/C22H25F3N2O3/c23-22(24,25)17-3-1-2-14(8-17)15-9-20(10-15)4-6-27(7-5-20)18(28)16-11-21(12-16)13-30-19(29)26-21/h1-3,8,15-16H,4-7,9-13H2,(H,26,29). The fourth-order valence-electron chi connectivity index (χ4n) is 5.83. The number of likely N-dealkylation sites (tertiary alicyclic amines) is 1. The average Bonchev–Trinajstić information content (AvgIpc) is 3.06. The van der Waals surface area contributed by atoms with E-state index in [1.165, 1.54) is 12.1 Å². The molecule has 8 heteroatoms. The molecule has 2 aliphatic carbocycles. The minimum absolute atomic E-state index is 0.0553. The minimum Gasteiger partial charge on any atom is -0.447 e. The number of cyclic esters (lactones) is 1. The molecule has 5 nitrogen and oxygen atoms in total. The van der Waals surface area contributed by atoms with Gasteiger partial charge in [-0.15, -0.1) is 0 Å². The summed E-state index contributed by atoms with van der Waals surface area (Å²) in [7, 11) is 0. The van der Waals surface area contributed by atoms with Gasteiger partial charge in [-0.3, -0.25) is 4.79 Å². The number of halogens is 3. The predicted molar refractivity (Wildman–Crippen MR) is 102 cm³/mol. The fourth-order valence-corrected chi connectivity index (χ4v) is 5.83. The summed E-state index contributed by atoms with van der Waals surface area (Å²) >= 11 is 0. The summed E-state index contributed by atoms with van der Waals surface area (Å²) in [6, 6.07) is 5.70. The molecule has 2 saturated heterocycles. The van der Waals surface area contributed by atoms with Gasteiger partial charge in [0.25, 0.3) is 0 Å². The lowest BCUT2D eigenvalue weighted by Crippen LogP contribution is -2.59. The van der Waals surface area contributed by atoms with Crippen molar-refractivity contribution in [3.63, 3.8) is 0 Å². The monoisotopic (exact) mass is 422 g/mol. The largest absolute Gasteiger partial charge is 0.447 e. The number of nitrogens with zero attached hydrogens (tertiary/aromatic N) is 1. The van der Waals surface area contributed by atoms with Crippen molar-refractivity contribution in [2.75, 3.05) is 19.7 Å². The third-order valence-electron chi connectivity index (χ3n) is 7.65. The normalized spacial score (nSPS) is 25.6. The van der Waals surface area contributed by atoms with Crippen LogP contribution >= 0.6 is 0 Å². The van der Waals surface area contributed by atoms with Crippen molar-refractivity contribution >= 4 is 12.0 Å². The summed E-state index contributed by atoms with van der Waals surface area (Å²) in [4.78, 5) is 26.0. The van der Waals surface area contributed by atoms with Crippen LogP contribution in [-0.4, -0.2) is 42.1 Å². The number of hydrogen-bond donors (Lipinski definition) is 1. The second-order valence-electron chi connectivity index (χ2n) is 9.64. The number of alkyl halides is 3. The Morgan fingerprint density at radius 3 is 2.43 bits per heavy atom. The van der Waals surface area contributed by atoms with Gasteiger partial charge in [0.1, 0.15) is 6.61 Å². The Kier molecular flexibility index (Phi) is 4.35. The van der Waals surface area contributed by atoms with Gasteiger partial charge in [-0.05, 0) is 61.5 Å². The molecule has 1 N–H and O–H groups in total. The van der Waals surface area contributed by atoms with Crippen molar-refractivity contribution in [2.24, 2.45) is 11.3 Å². The van der Waals surface area contributed by atoms with E-state index in [9.17, 15) is 22.8 Å². The van der Waals surface area contributed by atoms with Gasteiger partial charge in [-0.2, -0.15) is 13.2 Å². The molecule has 30 heavy (non-hydrogen) atoms. The quantitative estimate of drug-likeness (QED) is 0.781. The molecule has 4 fully saturated rings. The third-order valence-corrected chi connectivity index (χ3v) is 7.65. The first-order chi connectivity index (χ1) is 14.2. The summed E-state index contributed by atoms with van der Waals surface area (Å²) in [6.07, 6.45) is 0.168. The molecule has 2 spiro atoms. The Hall–Kier alpha value is -2.25. The maximum Gasteiger partial charge on any atom is 0.416 e. The lowest BCUT2D eigenvalue weighted by Gasteiger charge is -2.53. The van der Waals surface area contributed by atoms with Crippen molar-refractivity contribution in [3.05, 3.63) is 35.4 Å². The van der Waals surface area contributed by atoms with Crippen LogP contribution in [0.2, 0.25) is 0 Å². The number of piperidine rings is 1. The van der Waals surface area contributed by atoms with Gasteiger partial charge in [0.2, 0.25) is 5.91 Å². The average molecular weight is 422 g/mol. The zero-order chi connectivity index (χ0) is 21.1. The molecule has 0 bridgehead atoms. The van der Waals surface area contributed by atoms with E-state index in [0.29, 0.717) is 32.5 Å². The number of alkyl carbamates (subject to hydrolysis) is 1. The van der Waals surface area contributed by atoms with E-state index >= 15 is 0 Å². The van der Waals surface area contributed by atoms with Crippen molar-refractivity contribution in [1.29, 1.82) is 0 Å². The molecule has 2 heterocycles. The number of hydrogen-bond acceptors (Lipinski definition) is 3. The summed E-state index contributed by atoms with van der Waals surface area (Å²) in [5, 5.41) is 2.82. The highest BCUT2D eigenvalue weighted by Gasteiger charge is 2.54. The zero-order valence-corrected chi connectivity index (χ0v) is 16.6. The number of amides is 2. The van der Waals surface area contributed by atoms with E-state index in [0.717, 1.165) is 37.3 Å². The van der Waals surface area contributed by atoms with Gasteiger partial charge in [-0.25, -0.2) is 4.79 Å². The van der Waals surface area contributed by atoms with Crippen LogP contribution in [0.3, 0.4) is 0 Å². The van der Waals surface area contributed by atoms with Crippen LogP contribution in [0, 0.1) is 11.3 Å². The van der Waals surface area contributed by atoms with Crippen LogP contribution in [0.1, 0.15) is 55.6 Å². The Morgan fingerprint density at radius 2 is 1.83 bits per heavy atom. The molecule has 0 radical (unpaired) electrons. The van der Waals surface area contributed by atoms with Crippen LogP contribution in [0.5, 0.6) is 0 Å². The van der Waals surface area contributed by atoms with E-state index in [-0.39, 0.29) is 28.7 Å². The molecule has 162 valence electrons. The molecule has 0 aromatic heterocycles. The van der Waals surface area contributed by atoms with Crippen LogP contribution in [0.25, 0.3) is 0 Å². The van der Waals surface area contributed by atoms with Crippen molar-refractivity contribution in [3.8, 4) is 0 Å². The summed E-state index contributed by atoms with van der Waals surface area (Å²) in [6.45, 7) is 1.76. The topological polar surface area (TPSA) is 58.6 Å². The molecule has 2 amide bonds. The number of benzene rings is 1. The molecule has 4 aliphatic rings. The number of carbonyl (C=O) groups is 2. The van der Waals surface area contributed by atoms with Crippen LogP contribution < -0.4 is 5.32 Å². The lowest BCUT2D eigenvalue weighted by molar-refractivity contribution is -0.144. The number of nitrogens with one attached hydrogen (secondary N) is 1. The predicted octanol–water partition coefficient (Wildman–Crippen LogP) is 4.08. The Morgan fingerprint density at radius 1 is 1.13 bits per heavy atom. The third kappa shape index (κ3) is 3.34. The molecule has 0 atom stereocenters. The van der Waals surface area contributed by atoms with Crippen LogP contribution in [-0.2, 0) is 15.7 Å². The van der Waals surface area contributed by atoms with Gasteiger partial charge in [0.15, 0.2) is 0 Å². The van der Waals surface area contributed by atoms with Crippen LogP contribution in [0.4, 0.5) is 18.0 Å². The zero-order valence-electron chi connectivity index (χ0n) is 16.6. The Bertz CT molecular complexity index is 863. The Balaban J connectivity index is 1.12. The number of ether oxygens (including phenoxy) is 1. The molecular weight excluding hydrogens is 397 g/mol. The molecule has 1 aromatic rings. The van der Waals surface area contributed by atoms with E-state index in [1.54, 1.807) is 6.07 Å². The second kappa shape index (κ2) is 6.62. The first-order valence-corrected chi connectivity index (χ1v) is 10.6. The number of rotatable bonds is 2. The summed E-state index contributed by atoms with van der Waals surface area (Å²) < 4.78 is 43.9. The lowest BCUT2D eigenvalue weighted by atomic mass is 9.56. The van der Waals surface area contributed by atoms with Gasteiger partial charge in [0.05, 0.1) is 11.1 Å². The van der Waals surface area contributed by atoms with Gasteiger partial charge < -0.3 is 15.0 Å². The van der Waals surface area contributed by atoms with E-state index in [4.69, 9.17) is 4.74 Å². The number of carbonyl (C=O) groups excluding carboxylic acids is 2. The highest BCUT2D eigenvalue weighted by molar-refractivity contribution is 5.81. The highest BCUT2D eigenvalue weighted by atomic mass is 19.4. The van der Waals surface area contributed by atoms with Gasteiger partial charge in [0, 0.05) is 19.0 Å². The summed E-state index contributed by atoms with van der Waals surface area (Å²) in [5.41, 5.74) is 0.00250. The fraction of sp³-hybridized carbons (Fsp3) is 0.636. The molecule has 2 aliphatic heterocycles.